The second-order valence-corrected chi connectivity index (χ2v) is 6.44. The van der Waals surface area contributed by atoms with E-state index in [4.69, 9.17) is 22.8 Å². The molecule has 1 aliphatic rings. The molecule has 1 saturated heterocycles. The molecule has 1 heterocycles. The van der Waals surface area contributed by atoms with Crippen molar-refractivity contribution in [3.05, 3.63) is 40.9 Å². The monoisotopic (exact) mass is 316 g/mol. The number of halogens is 1. The van der Waals surface area contributed by atoms with E-state index in [1.807, 2.05) is 37.3 Å². The number of carbonyl (C=O) groups is 1. The highest BCUT2D eigenvalue weighted by atomic mass is 35.5. The van der Waals surface area contributed by atoms with Gasteiger partial charge in [0.15, 0.2) is 0 Å². The Morgan fingerprint density at radius 3 is 2.82 bits per heavy atom. The molecular weight excluding hydrogens is 296 g/mol. The van der Waals surface area contributed by atoms with E-state index in [0.717, 1.165) is 29.8 Å². The van der Waals surface area contributed by atoms with Crippen LogP contribution in [0.2, 0.25) is 5.02 Å². The Morgan fingerprint density at radius 1 is 1.45 bits per heavy atom. The molecule has 1 fully saturated rings. The normalized spacial score (nSPS) is 25.0. The molecule has 22 heavy (non-hydrogen) atoms. The standard InChI is InChI=1S/C19H21ClO2/c1-3-4-7-16-12-14-19(2,22-18(16)21)13-5-6-15-8-10-17(20)11-9-15/h1,5-6,8-11,16H,4,7,12-14H2,2H3/b6-5+/t16-,19+/m0/s1. The van der Waals surface area contributed by atoms with Gasteiger partial charge in [0, 0.05) is 17.9 Å². The summed E-state index contributed by atoms with van der Waals surface area (Å²) in [7, 11) is 0. The third kappa shape index (κ3) is 4.64. The van der Waals surface area contributed by atoms with Crippen LogP contribution in [0.25, 0.3) is 6.08 Å². The van der Waals surface area contributed by atoms with Gasteiger partial charge in [-0.1, -0.05) is 35.9 Å². The van der Waals surface area contributed by atoms with Gasteiger partial charge in [0.2, 0.25) is 0 Å². The maximum Gasteiger partial charge on any atom is 0.309 e. The van der Waals surface area contributed by atoms with Crippen LogP contribution >= 0.6 is 11.6 Å². The number of esters is 1. The van der Waals surface area contributed by atoms with Crippen LogP contribution in [0.5, 0.6) is 0 Å². The lowest BCUT2D eigenvalue weighted by Gasteiger charge is -2.36. The smallest absolute Gasteiger partial charge is 0.309 e. The zero-order chi connectivity index (χ0) is 16.0. The minimum Gasteiger partial charge on any atom is -0.459 e. The second-order valence-electron chi connectivity index (χ2n) is 6.01. The van der Waals surface area contributed by atoms with Gasteiger partial charge in [-0.15, -0.1) is 12.3 Å². The summed E-state index contributed by atoms with van der Waals surface area (Å²) in [6.07, 6.45) is 13.1. The van der Waals surface area contributed by atoms with Crippen LogP contribution in [0.1, 0.15) is 44.6 Å². The van der Waals surface area contributed by atoms with Crippen molar-refractivity contribution in [1.82, 2.24) is 0 Å². The van der Waals surface area contributed by atoms with E-state index in [9.17, 15) is 4.79 Å². The molecule has 0 amide bonds. The summed E-state index contributed by atoms with van der Waals surface area (Å²) in [5.74, 6) is 2.44. The molecule has 2 rings (SSSR count). The number of hydrogen-bond acceptors (Lipinski definition) is 2. The summed E-state index contributed by atoms with van der Waals surface area (Å²) in [5.41, 5.74) is 0.675. The molecule has 116 valence electrons. The van der Waals surface area contributed by atoms with E-state index < -0.39 is 5.60 Å². The van der Waals surface area contributed by atoms with Gasteiger partial charge in [-0.2, -0.15) is 0 Å². The molecular formula is C19H21ClO2. The molecule has 0 bridgehead atoms. The van der Waals surface area contributed by atoms with Crippen LogP contribution in [0.4, 0.5) is 0 Å². The number of rotatable bonds is 5. The lowest BCUT2D eigenvalue weighted by Crippen LogP contribution is -2.39. The quantitative estimate of drug-likeness (QED) is 0.572. The zero-order valence-electron chi connectivity index (χ0n) is 12.8. The molecule has 0 saturated carbocycles. The number of hydrogen-bond donors (Lipinski definition) is 0. The Bertz CT molecular complexity index is 582. The molecule has 1 aliphatic heterocycles. The minimum absolute atomic E-state index is 0.0376. The van der Waals surface area contributed by atoms with E-state index in [1.165, 1.54) is 0 Å². The highest BCUT2D eigenvalue weighted by Crippen LogP contribution is 2.33. The van der Waals surface area contributed by atoms with Crippen LogP contribution in [0, 0.1) is 18.3 Å². The van der Waals surface area contributed by atoms with Gasteiger partial charge in [-0.05, 0) is 43.9 Å². The Hall–Kier alpha value is -1.72. The number of terminal acetylenes is 1. The summed E-state index contributed by atoms with van der Waals surface area (Å²) < 4.78 is 5.66. The largest absolute Gasteiger partial charge is 0.459 e. The molecule has 0 spiro atoms. The van der Waals surface area contributed by atoms with Crippen molar-refractivity contribution in [2.75, 3.05) is 0 Å². The summed E-state index contributed by atoms with van der Waals surface area (Å²) in [5, 5.41) is 0.725. The first-order valence-electron chi connectivity index (χ1n) is 7.61. The molecule has 2 nitrogen and oxygen atoms in total. The van der Waals surface area contributed by atoms with E-state index in [2.05, 4.69) is 12.0 Å². The predicted octanol–water partition coefficient (Wildman–Crippen LogP) is 4.87. The third-order valence-corrected chi connectivity index (χ3v) is 4.32. The Balaban J connectivity index is 1.89. The number of benzene rings is 1. The van der Waals surface area contributed by atoms with Crippen molar-refractivity contribution in [1.29, 1.82) is 0 Å². The SMILES string of the molecule is C#CCC[C@H]1CC[C@@](C)(C/C=C/c2ccc(Cl)cc2)OC1=O. The molecule has 3 heteroatoms. The van der Waals surface area contributed by atoms with Gasteiger partial charge in [0.1, 0.15) is 5.60 Å². The van der Waals surface area contributed by atoms with Crippen LogP contribution in [-0.2, 0) is 9.53 Å². The van der Waals surface area contributed by atoms with Crippen molar-refractivity contribution in [2.45, 2.75) is 44.6 Å². The minimum atomic E-state index is -0.410. The highest BCUT2D eigenvalue weighted by molar-refractivity contribution is 6.30. The zero-order valence-corrected chi connectivity index (χ0v) is 13.6. The molecule has 2 atom stereocenters. The molecule has 0 radical (unpaired) electrons. The van der Waals surface area contributed by atoms with E-state index >= 15 is 0 Å². The number of ether oxygens (including phenoxy) is 1. The van der Waals surface area contributed by atoms with Gasteiger partial charge < -0.3 is 4.74 Å². The fraction of sp³-hybridized carbons (Fsp3) is 0.421. The van der Waals surface area contributed by atoms with Crippen molar-refractivity contribution in [3.63, 3.8) is 0 Å². The Kier molecular flexibility index (Phi) is 5.69. The van der Waals surface area contributed by atoms with Gasteiger partial charge in [-0.25, -0.2) is 0 Å². The lowest BCUT2D eigenvalue weighted by molar-refractivity contribution is -0.172. The average Bonchev–Trinajstić information content (AvgIpc) is 2.48. The van der Waals surface area contributed by atoms with E-state index in [0.29, 0.717) is 12.8 Å². The highest BCUT2D eigenvalue weighted by Gasteiger charge is 2.37. The topological polar surface area (TPSA) is 26.3 Å². The summed E-state index contributed by atoms with van der Waals surface area (Å²) in [6.45, 7) is 1.99. The second kappa shape index (κ2) is 7.51. The third-order valence-electron chi connectivity index (χ3n) is 4.07. The number of carbonyl (C=O) groups excluding carboxylic acids is 1. The van der Waals surface area contributed by atoms with Gasteiger partial charge >= 0.3 is 5.97 Å². The maximum atomic E-state index is 12.1. The van der Waals surface area contributed by atoms with Gasteiger partial charge in [0.05, 0.1) is 5.92 Å². The first-order chi connectivity index (χ1) is 10.5. The summed E-state index contributed by atoms with van der Waals surface area (Å²) in [4.78, 5) is 12.1. The first kappa shape index (κ1) is 16.6. The van der Waals surface area contributed by atoms with Crippen molar-refractivity contribution in [2.24, 2.45) is 5.92 Å². The van der Waals surface area contributed by atoms with Crippen LogP contribution in [0.3, 0.4) is 0 Å². The molecule has 1 aromatic carbocycles. The van der Waals surface area contributed by atoms with Crippen LogP contribution in [0.15, 0.2) is 30.3 Å². The van der Waals surface area contributed by atoms with Crippen LogP contribution < -0.4 is 0 Å². The summed E-state index contributed by atoms with van der Waals surface area (Å²) in [6, 6.07) is 7.65. The average molecular weight is 317 g/mol. The molecule has 0 unspecified atom stereocenters. The summed E-state index contributed by atoms with van der Waals surface area (Å²) >= 11 is 5.86. The van der Waals surface area contributed by atoms with Crippen molar-refractivity contribution in [3.8, 4) is 12.3 Å². The molecule has 0 N–H and O–H groups in total. The van der Waals surface area contributed by atoms with Crippen LogP contribution in [-0.4, -0.2) is 11.6 Å². The van der Waals surface area contributed by atoms with E-state index in [1.54, 1.807) is 0 Å². The molecule has 0 aromatic heterocycles. The molecule has 1 aromatic rings. The number of cyclic esters (lactones) is 1. The van der Waals surface area contributed by atoms with E-state index in [-0.39, 0.29) is 11.9 Å². The first-order valence-corrected chi connectivity index (χ1v) is 7.99. The fourth-order valence-corrected chi connectivity index (χ4v) is 2.78. The fourth-order valence-electron chi connectivity index (χ4n) is 2.66. The Morgan fingerprint density at radius 2 is 2.18 bits per heavy atom. The van der Waals surface area contributed by atoms with Gasteiger partial charge in [-0.3, -0.25) is 4.79 Å². The van der Waals surface area contributed by atoms with Crippen molar-refractivity contribution >= 4 is 23.6 Å². The maximum absolute atomic E-state index is 12.1. The van der Waals surface area contributed by atoms with Crippen molar-refractivity contribution < 1.29 is 9.53 Å². The van der Waals surface area contributed by atoms with Gasteiger partial charge in [0.25, 0.3) is 0 Å². The molecule has 0 aliphatic carbocycles. The lowest BCUT2D eigenvalue weighted by atomic mass is 9.85. The Labute approximate surface area is 137 Å². The predicted molar refractivity (Wildman–Crippen MR) is 90.4 cm³/mol.